The standard InChI is InChI=1S/C16H24N2O5S.ClH/c1-21-13-8-14(22-2)16(15(9-13)23-3)24(19,20)18-12-6-10-4-5-11(7-12)17-10;/h8-12,17-18H,4-7H2,1-3H3;1H. The maximum Gasteiger partial charge on any atom is 0.248 e. The molecule has 2 saturated heterocycles. The van der Waals surface area contributed by atoms with Crippen molar-refractivity contribution in [1.29, 1.82) is 0 Å². The Hall–Kier alpha value is -1.22. The first-order valence-electron chi connectivity index (χ1n) is 8.05. The van der Waals surface area contributed by atoms with E-state index in [9.17, 15) is 8.42 Å². The first-order chi connectivity index (χ1) is 11.5. The van der Waals surface area contributed by atoms with E-state index in [-0.39, 0.29) is 34.8 Å². The Kier molecular flexibility index (Phi) is 6.42. The third kappa shape index (κ3) is 4.13. The van der Waals surface area contributed by atoms with Gasteiger partial charge in [0, 0.05) is 30.3 Å². The van der Waals surface area contributed by atoms with E-state index in [0.717, 1.165) is 25.7 Å². The molecule has 25 heavy (non-hydrogen) atoms. The minimum atomic E-state index is -3.77. The largest absolute Gasteiger partial charge is 0.496 e. The smallest absolute Gasteiger partial charge is 0.248 e. The highest BCUT2D eigenvalue weighted by Gasteiger charge is 2.36. The molecule has 2 bridgehead atoms. The van der Waals surface area contributed by atoms with Crippen LogP contribution in [0.25, 0.3) is 0 Å². The predicted octanol–water partition coefficient (Wildman–Crippen LogP) is 1.70. The summed E-state index contributed by atoms with van der Waals surface area (Å²) in [6, 6.07) is 3.81. The van der Waals surface area contributed by atoms with Crippen LogP contribution in [0.5, 0.6) is 17.2 Å². The van der Waals surface area contributed by atoms with Crippen LogP contribution in [0.15, 0.2) is 17.0 Å². The Morgan fingerprint density at radius 1 is 1.00 bits per heavy atom. The first kappa shape index (κ1) is 20.1. The number of hydrogen-bond donors (Lipinski definition) is 2. The van der Waals surface area contributed by atoms with Crippen LogP contribution in [-0.4, -0.2) is 47.9 Å². The minimum Gasteiger partial charge on any atom is -0.496 e. The van der Waals surface area contributed by atoms with Crippen molar-refractivity contribution in [2.45, 2.75) is 48.7 Å². The van der Waals surface area contributed by atoms with Crippen LogP contribution in [0.3, 0.4) is 0 Å². The van der Waals surface area contributed by atoms with Crippen molar-refractivity contribution in [2.75, 3.05) is 21.3 Å². The van der Waals surface area contributed by atoms with E-state index in [1.165, 1.54) is 21.3 Å². The maximum atomic E-state index is 13.0. The van der Waals surface area contributed by atoms with E-state index in [1.807, 2.05) is 0 Å². The highest BCUT2D eigenvalue weighted by Crippen LogP contribution is 2.38. The van der Waals surface area contributed by atoms with E-state index in [0.29, 0.717) is 17.8 Å². The van der Waals surface area contributed by atoms with Crippen LogP contribution in [0.2, 0.25) is 0 Å². The summed E-state index contributed by atoms with van der Waals surface area (Å²) >= 11 is 0. The fourth-order valence-electron chi connectivity index (χ4n) is 3.67. The van der Waals surface area contributed by atoms with Crippen LogP contribution in [0.1, 0.15) is 25.7 Å². The van der Waals surface area contributed by atoms with Gasteiger partial charge in [0.15, 0.2) is 4.90 Å². The van der Waals surface area contributed by atoms with Gasteiger partial charge in [-0.15, -0.1) is 12.4 Å². The quantitative estimate of drug-likeness (QED) is 0.766. The van der Waals surface area contributed by atoms with Gasteiger partial charge in [-0.2, -0.15) is 0 Å². The monoisotopic (exact) mass is 392 g/mol. The Morgan fingerprint density at radius 2 is 1.52 bits per heavy atom. The van der Waals surface area contributed by atoms with Crippen LogP contribution in [-0.2, 0) is 10.0 Å². The molecular weight excluding hydrogens is 368 g/mol. The van der Waals surface area contributed by atoms with Gasteiger partial charge >= 0.3 is 0 Å². The topological polar surface area (TPSA) is 85.9 Å². The molecule has 0 aliphatic carbocycles. The summed E-state index contributed by atoms with van der Waals surface area (Å²) in [5.41, 5.74) is 0. The first-order valence-corrected chi connectivity index (χ1v) is 9.53. The summed E-state index contributed by atoms with van der Waals surface area (Å²) in [5.74, 6) is 0.883. The molecule has 2 unspecified atom stereocenters. The van der Waals surface area contributed by atoms with E-state index in [2.05, 4.69) is 10.0 Å². The van der Waals surface area contributed by atoms with Gasteiger partial charge in [-0.3, -0.25) is 0 Å². The Balaban J connectivity index is 0.00000225. The molecule has 0 radical (unpaired) electrons. The van der Waals surface area contributed by atoms with Gasteiger partial charge in [0.25, 0.3) is 0 Å². The van der Waals surface area contributed by atoms with Gasteiger partial charge in [-0.1, -0.05) is 0 Å². The highest BCUT2D eigenvalue weighted by atomic mass is 35.5. The zero-order valence-electron chi connectivity index (χ0n) is 14.6. The van der Waals surface area contributed by atoms with E-state index >= 15 is 0 Å². The number of sulfonamides is 1. The molecule has 142 valence electrons. The summed E-state index contributed by atoms with van der Waals surface area (Å²) in [7, 11) is 0.590. The van der Waals surface area contributed by atoms with Gasteiger partial charge in [-0.25, -0.2) is 13.1 Å². The minimum absolute atomic E-state index is 0. The second kappa shape index (κ2) is 7.99. The lowest BCUT2D eigenvalue weighted by Gasteiger charge is -2.29. The number of ether oxygens (including phenoxy) is 3. The van der Waals surface area contributed by atoms with Crippen molar-refractivity contribution in [1.82, 2.24) is 10.0 Å². The van der Waals surface area contributed by atoms with Crippen molar-refractivity contribution in [3.05, 3.63) is 12.1 Å². The Bertz CT molecular complexity index is 675. The second-order valence-electron chi connectivity index (χ2n) is 6.29. The van der Waals surface area contributed by atoms with Crippen molar-refractivity contribution in [3.8, 4) is 17.2 Å². The fraction of sp³-hybridized carbons (Fsp3) is 0.625. The van der Waals surface area contributed by atoms with Crippen LogP contribution < -0.4 is 24.2 Å². The van der Waals surface area contributed by atoms with Gasteiger partial charge in [-0.05, 0) is 25.7 Å². The summed E-state index contributed by atoms with van der Waals surface area (Å²) in [6.07, 6.45) is 3.82. The van der Waals surface area contributed by atoms with Crippen molar-refractivity contribution in [3.63, 3.8) is 0 Å². The molecule has 2 N–H and O–H groups in total. The Morgan fingerprint density at radius 3 is 1.96 bits per heavy atom. The lowest BCUT2D eigenvalue weighted by Crippen LogP contribution is -2.48. The normalized spacial score (nSPS) is 25.2. The summed E-state index contributed by atoms with van der Waals surface area (Å²) in [6.45, 7) is 0. The van der Waals surface area contributed by atoms with Gasteiger partial charge < -0.3 is 19.5 Å². The molecular formula is C16H25ClN2O5S. The number of nitrogens with one attached hydrogen (secondary N) is 2. The molecule has 0 saturated carbocycles. The summed E-state index contributed by atoms with van der Waals surface area (Å²) < 4.78 is 44.5. The number of rotatable bonds is 6. The molecule has 2 heterocycles. The SMILES string of the molecule is COc1cc(OC)c(S(=O)(=O)NC2CC3CCC(C2)N3)c(OC)c1.Cl. The average molecular weight is 393 g/mol. The predicted molar refractivity (Wildman–Crippen MR) is 96.6 cm³/mol. The highest BCUT2D eigenvalue weighted by molar-refractivity contribution is 7.89. The van der Waals surface area contributed by atoms with E-state index in [1.54, 1.807) is 12.1 Å². The number of halogens is 1. The van der Waals surface area contributed by atoms with Gasteiger partial charge in [0.05, 0.1) is 21.3 Å². The molecule has 2 atom stereocenters. The van der Waals surface area contributed by atoms with Crippen LogP contribution in [0.4, 0.5) is 0 Å². The fourth-order valence-corrected chi connectivity index (χ4v) is 5.23. The number of benzene rings is 1. The third-order valence-corrected chi connectivity index (χ3v) is 6.32. The maximum absolute atomic E-state index is 13.0. The Labute approximate surface area is 154 Å². The third-order valence-electron chi connectivity index (χ3n) is 4.73. The molecule has 7 nitrogen and oxygen atoms in total. The average Bonchev–Trinajstić information content (AvgIpc) is 2.91. The molecule has 0 amide bonds. The van der Waals surface area contributed by atoms with Gasteiger partial charge in [0.1, 0.15) is 17.2 Å². The van der Waals surface area contributed by atoms with Crippen molar-refractivity contribution >= 4 is 22.4 Å². The molecule has 3 rings (SSSR count). The lowest BCUT2D eigenvalue weighted by molar-refractivity contribution is 0.341. The second-order valence-corrected chi connectivity index (χ2v) is 7.94. The molecule has 1 aromatic rings. The van der Waals surface area contributed by atoms with Crippen LogP contribution in [0, 0.1) is 0 Å². The number of fused-ring (bicyclic) bond motifs is 2. The number of hydrogen-bond acceptors (Lipinski definition) is 6. The number of methoxy groups -OCH3 is 3. The van der Waals surface area contributed by atoms with Gasteiger partial charge in [0.2, 0.25) is 10.0 Å². The lowest BCUT2D eigenvalue weighted by atomic mass is 10.0. The van der Waals surface area contributed by atoms with E-state index in [4.69, 9.17) is 14.2 Å². The van der Waals surface area contributed by atoms with Crippen molar-refractivity contribution in [2.24, 2.45) is 0 Å². The zero-order valence-corrected chi connectivity index (χ0v) is 16.2. The molecule has 9 heteroatoms. The van der Waals surface area contributed by atoms with E-state index < -0.39 is 10.0 Å². The van der Waals surface area contributed by atoms with Crippen molar-refractivity contribution < 1.29 is 22.6 Å². The molecule has 2 aliphatic rings. The molecule has 0 spiro atoms. The molecule has 2 aliphatic heterocycles. The summed E-state index contributed by atoms with van der Waals surface area (Å²) in [4.78, 5) is 0.0131. The molecule has 1 aromatic carbocycles. The molecule has 2 fully saturated rings. The summed E-state index contributed by atoms with van der Waals surface area (Å²) in [5, 5.41) is 3.51. The number of piperidine rings is 1. The molecule has 0 aromatic heterocycles. The van der Waals surface area contributed by atoms with Crippen LogP contribution >= 0.6 is 12.4 Å². The zero-order chi connectivity index (χ0) is 17.3.